The van der Waals surface area contributed by atoms with Crippen molar-refractivity contribution in [1.82, 2.24) is 10.9 Å². The Hall–Kier alpha value is -3.48. The summed E-state index contributed by atoms with van der Waals surface area (Å²) in [5.41, 5.74) is 6.37. The van der Waals surface area contributed by atoms with Crippen molar-refractivity contribution < 1.29 is 14.3 Å². The van der Waals surface area contributed by atoms with Crippen LogP contribution in [0.15, 0.2) is 64.8 Å². The summed E-state index contributed by atoms with van der Waals surface area (Å²) >= 11 is 0. The SMILES string of the molecule is CC1=NNC(=O)[C@H]1CCC(=O)N/N=C\c1cccc(Oc2ccccc2)c1. The molecular formula is C20H20N4O3. The van der Waals surface area contributed by atoms with Crippen LogP contribution in [0.4, 0.5) is 0 Å². The van der Waals surface area contributed by atoms with Crippen molar-refractivity contribution in [3.63, 3.8) is 0 Å². The highest BCUT2D eigenvalue weighted by molar-refractivity contribution is 6.07. The van der Waals surface area contributed by atoms with Crippen LogP contribution in [0.5, 0.6) is 11.5 Å². The topological polar surface area (TPSA) is 92.2 Å². The van der Waals surface area contributed by atoms with E-state index in [4.69, 9.17) is 4.74 Å². The van der Waals surface area contributed by atoms with Gasteiger partial charge in [-0.05, 0) is 43.2 Å². The van der Waals surface area contributed by atoms with Gasteiger partial charge in [0.25, 0.3) is 0 Å². The standard InChI is InChI=1S/C20H20N4O3/c1-14-18(20(26)24-22-14)10-11-19(25)23-21-13-15-6-5-9-17(12-15)27-16-7-3-2-4-8-16/h2-9,12-13,18H,10-11H2,1H3,(H,23,25)(H,24,26)/b21-13-/t18-/m0/s1. The maximum absolute atomic E-state index is 11.9. The van der Waals surface area contributed by atoms with Crippen LogP contribution in [-0.4, -0.2) is 23.7 Å². The molecule has 2 N–H and O–H groups in total. The van der Waals surface area contributed by atoms with E-state index in [2.05, 4.69) is 21.1 Å². The average Bonchev–Trinajstić information content (AvgIpc) is 2.99. The first kappa shape index (κ1) is 18.3. The average molecular weight is 364 g/mol. The first-order chi connectivity index (χ1) is 13.1. The van der Waals surface area contributed by atoms with E-state index in [-0.39, 0.29) is 24.2 Å². The maximum Gasteiger partial charge on any atom is 0.248 e. The van der Waals surface area contributed by atoms with E-state index < -0.39 is 0 Å². The van der Waals surface area contributed by atoms with Gasteiger partial charge in [0.1, 0.15) is 11.5 Å². The number of amides is 2. The van der Waals surface area contributed by atoms with E-state index >= 15 is 0 Å². The molecule has 27 heavy (non-hydrogen) atoms. The number of rotatable bonds is 7. The van der Waals surface area contributed by atoms with Crippen molar-refractivity contribution >= 4 is 23.7 Å². The van der Waals surface area contributed by atoms with Crippen molar-refractivity contribution in [2.75, 3.05) is 0 Å². The Morgan fingerprint density at radius 3 is 2.74 bits per heavy atom. The minimum absolute atomic E-state index is 0.168. The summed E-state index contributed by atoms with van der Waals surface area (Å²) in [5, 5.41) is 7.82. The Morgan fingerprint density at radius 2 is 2.00 bits per heavy atom. The van der Waals surface area contributed by atoms with Gasteiger partial charge in [0.15, 0.2) is 0 Å². The van der Waals surface area contributed by atoms with Gasteiger partial charge in [-0.25, -0.2) is 10.9 Å². The lowest BCUT2D eigenvalue weighted by atomic mass is 9.99. The number of ether oxygens (including phenoxy) is 1. The second-order valence-electron chi connectivity index (χ2n) is 6.10. The van der Waals surface area contributed by atoms with E-state index in [1.54, 1.807) is 13.1 Å². The third kappa shape index (κ3) is 5.24. The lowest BCUT2D eigenvalue weighted by Gasteiger charge is -2.06. The molecule has 0 unspecified atom stereocenters. The normalized spacial score (nSPS) is 16.1. The summed E-state index contributed by atoms with van der Waals surface area (Å²) in [6, 6.07) is 16.8. The molecule has 7 nitrogen and oxygen atoms in total. The zero-order valence-corrected chi connectivity index (χ0v) is 14.9. The Balaban J connectivity index is 1.49. The number of hydrazone groups is 2. The largest absolute Gasteiger partial charge is 0.457 e. The monoisotopic (exact) mass is 364 g/mol. The first-order valence-corrected chi connectivity index (χ1v) is 8.61. The molecule has 1 aliphatic heterocycles. The molecule has 138 valence electrons. The summed E-state index contributed by atoms with van der Waals surface area (Å²) in [4.78, 5) is 23.5. The molecule has 0 fully saturated rings. The molecule has 0 saturated carbocycles. The van der Waals surface area contributed by atoms with E-state index in [1.165, 1.54) is 0 Å². The highest BCUT2D eigenvalue weighted by atomic mass is 16.5. The number of benzene rings is 2. The van der Waals surface area contributed by atoms with E-state index in [0.717, 1.165) is 11.3 Å². The summed E-state index contributed by atoms with van der Waals surface area (Å²) in [6.07, 6.45) is 2.15. The molecule has 2 amide bonds. The van der Waals surface area contributed by atoms with Crippen molar-refractivity contribution in [1.29, 1.82) is 0 Å². The number of carbonyl (C=O) groups is 2. The molecule has 2 aromatic rings. The molecular weight excluding hydrogens is 344 g/mol. The third-order valence-electron chi connectivity index (χ3n) is 4.06. The van der Waals surface area contributed by atoms with Crippen LogP contribution in [0.1, 0.15) is 25.3 Å². The summed E-state index contributed by atoms with van der Waals surface area (Å²) < 4.78 is 5.76. The van der Waals surface area contributed by atoms with E-state index in [0.29, 0.717) is 17.9 Å². The van der Waals surface area contributed by atoms with Crippen molar-refractivity contribution in [3.05, 3.63) is 60.2 Å². The number of carbonyl (C=O) groups excluding carboxylic acids is 2. The van der Waals surface area contributed by atoms with Crippen LogP contribution in [0.25, 0.3) is 0 Å². The minimum atomic E-state index is -0.341. The fourth-order valence-corrected chi connectivity index (χ4v) is 2.62. The first-order valence-electron chi connectivity index (χ1n) is 8.61. The number of hydrogen-bond donors (Lipinski definition) is 2. The Morgan fingerprint density at radius 1 is 1.22 bits per heavy atom. The maximum atomic E-state index is 11.9. The van der Waals surface area contributed by atoms with Crippen molar-refractivity contribution in [3.8, 4) is 11.5 Å². The van der Waals surface area contributed by atoms with Gasteiger partial charge in [-0.2, -0.15) is 10.2 Å². The highest BCUT2D eigenvalue weighted by Gasteiger charge is 2.26. The molecule has 1 aliphatic rings. The van der Waals surface area contributed by atoms with E-state index in [9.17, 15) is 9.59 Å². The van der Waals surface area contributed by atoms with Crippen LogP contribution in [0.2, 0.25) is 0 Å². The number of para-hydroxylation sites is 1. The molecule has 0 aromatic heterocycles. The molecule has 0 radical (unpaired) electrons. The number of nitrogens with one attached hydrogen (secondary N) is 2. The van der Waals surface area contributed by atoms with Gasteiger partial charge >= 0.3 is 0 Å². The van der Waals surface area contributed by atoms with Gasteiger partial charge in [0.05, 0.1) is 12.1 Å². The molecule has 0 aliphatic carbocycles. The zero-order chi connectivity index (χ0) is 19.1. The van der Waals surface area contributed by atoms with Gasteiger partial charge in [-0.15, -0.1) is 0 Å². The lowest BCUT2D eigenvalue weighted by Crippen LogP contribution is -2.25. The second-order valence-corrected chi connectivity index (χ2v) is 6.10. The second kappa shape index (κ2) is 8.75. The van der Waals surface area contributed by atoms with Gasteiger partial charge in [-0.3, -0.25) is 9.59 Å². The quantitative estimate of drug-likeness (QED) is 0.584. The number of hydrogen-bond acceptors (Lipinski definition) is 5. The number of nitrogens with zero attached hydrogens (tertiary/aromatic N) is 2. The summed E-state index contributed by atoms with van der Waals surface area (Å²) in [7, 11) is 0. The predicted octanol–water partition coefficient (Wildman–Crippen LogP) is 2.83. The van der Waals surface area contributed by atoms with Crippen LogP contribution in [0, 0.1) is 5.92 Å². The fourth-order valence-electron chi connectivity index (χ4n) is 2.62. The lowest BCUT2D eigenvalue weighted by molar-refractivity contribution is -0.123. The van der Waals surface area contributed by atoms with Gasteiger partial charge in [0, 0.05) is 12.1 Å². The third-order valence-corrected chi connectivity index (χ3v) is 4.06. The molecule has 1 atom stereocenters. The molecule has 0 bridgehead atoms. The van der Waals surface area contributed by atoms with Gasteiger partial charge in [-0.1, -0.05) is 30.3 Å². The van der Waals surface area contributed by atoms with Crippen LogP contribution in [-0.2, 0) is 9.59 Å². The summed E-state index contributed by atoms with van der Waals surface area (Å²) in [5.74, 6) is 0.661. The molecule has 0 saturated heterocycles. The van der Waals surface area contributed by atoms with Gasteiger partial charge < -0.3 is 4.74 Å². The molecule has 1 heterocycles. The Kier molecular flexibility index (Phi) is 5.94. The molecule has 2 aromatic carbocycles. The summed E-state index contributed by atoms with van der Waals surface area (Å²) in [6.45, 7) is 1.77. The molecule has 3 rings (SSSR count). The van der Waals surface area contributed by atoms with Crippen LogP contribution < -0.4 is 15.6 Å². The van der Waals surface area contributed by atoms with Crippen LogP contribution in [0.3, 0.4) is 0 Å². The Labute approximate surface area is 157 Å². The minimum Gasteiger partial charge on any atom is -0.457 e. The smallest absolute Gasteiger partial charge is 0.248 e. The Bertz CT molecular complexity index is 878. The highest BCUT2D eigenvalue weighted by Crippen LogP contribution is 2.21. The van der Waals surface area contributed by atoms with Crippen molar-refractivity contribution in [2.24, 2.45) is 16.1 Å². The van der Waals surface area contributed by atoms with Crippen molar-refractivity contribution in [2.45, 2.75) is 19.8 Å². The zero-order valence-electron chi connectivity index (χ0n) is 14.9. The molecule has 0 spiro atoms. The van der Waals surface area contributed by atoms with Crippen LogP contribution >= 0.6 is 0 Å². The van der Waals surface area contributed by atoms with Gasteiger partial charge in [0.2, 0.25) is 11.8 Å². The van der Waals surface area contributed by atoms with E-state index in [1.807, 2.05) is 54.6 Å². The fraction of sp³-hybridized carbons (Fsp3) is 0.200. The predicted molar refractivity (Wildman–Crippen MR) is 103 cm³/mol. The molecule has 7 heteroatoms.